The molecule has 68 valence electrons. The second-order valence-corrected chi connectivity index (χ2v) is 2.61. The van der Waals surface area contributed by atoms with E-state index in [1.165, 1.54) is 0 Å². The van der Waals surface area contributed by atoms with Crippen LogP contribution in [0.4, 0.5) is 0 Å². The molecule has 0 spiro atoms. The van der Waals surface area contributed by atoms with Crippen molar-refractivity contribution in [3.05, 3.63) is 0 Å². The molecule has 1 aliphatic heterocycles. The molecule has 1 rings (SSSR count). The van der Waals surface area contributed by atoms with Gasteiger partial charge < -0.3 is 20.3 Å². The maximum Gasteiger partial charge on any atom is 0.123 e. The van der Waals surface area contributed by atoms with Gasteiger partial charge in [0.25, 0.3) is 0 Å². The van der Waals surface area contributed by atoms with E-state index in [9.17, 15) is 5.11 Å². The topological polar surface area (TPSA) is 61.7 Å². The molecule has 1 heterocycles. The fraction of sp³-hybridized carbons (Fsp3) is 1.00. The third-order valence-electron chi connectivity index (χ3n) is 1.54. The van der Waals surface area contributed by atoms with E-state index >= 15 is 0 Å². The third kappa shape index (κ3) is 3.35. The Labute approximate surface area is 72.0 Å². The summed E-state index contributed by atoms with van der Waals surface area (Å²) in [4.78, 5) is 0. The summed E-state index contributed by atoms with van der Waals surface area (Å²) in [5, 5.41) is 21.1. The van der Waals surface area contributed by atoms with Crippen LogP contribution in [0.15, 0.2) is 0 Å². The van der Waals surface area contributed by atoms with Crippen molar-refractivity contribution in [1.82, 2.24) is 5.32 Å². The summed E-state index contributed by atoms with van der Waals surface area (Å²) in [5.74, 6) is 0. The first-order chi connectivity index (χ1) is 4.77. The van der Waals surface area contributed by atoms with Gasteiger partial charge in [0.05, 0.1) is 19.8 Å². The van der Waals surface area contributed by atoms with E-state index < -0.39 is 5.60 Å². The highest BCUT2D eigenvalue weighted by Crippen LogP contribution is 2.04. The number of rotatable bonds is 1. The average molecular weight is 184 g/mol. The lowest BCUT2D eigenvalue weighted by Crippen LogP contribution is -2.45. The molecule has 1 saturated heterocycles. The summed E-state index contributed by atoms with van der Waals surface area (Å²) in [6, 6.07) is 0. The number of aliphatic hydroxyl groups excluding tert-OH is 1. The lowest BCUT2D eigenvalue weighted by molar-refractivity contribution is -0.0616. The van der Waals surface area contributed by atoms with Crippen LogP contribution in [0, 0.1) is 0 Å². The van der Waals surface area contributed by atoms with Gasteiger partial charge in [0, 0.05) is 13.1 Å². The molecular formula is C6H14ClNO3. The molecule has 0 bridgehead atoms. The van der Waals surface area contributed by atoms with Crippen LogP contribution < -0.4 is 5.32 Å². The predicted octanol–water partition coefficient (Wildman–Crippen LogP) is -1.25. The maximum absolute atomic E-state index is 9.42. The Morgan fingerprint density at radius 3 is 2.91 bits per heavy atom. The standard InChI is InChI=1S/C6H13NO3.ClH/c8-4-6(9)3-7-1-2-10-5-6;/h7-9H,1-5H2;1H. The van der Waals surface area contributed by atoms with Gasteiger partial charge in [-0.1, -0.05) is 0 Å². The second-order valence-electron chi connectivity index (χ2n) is 2.61. The SMILES string of the molecule is Cl.OCC1(O)CNCCOC1. The highest BCUT2D eigenvalue weighted by atomic mass is 35.5. The molecule has 0 aromatic carbocycles. The van der Waals surface area contributed by atoms with E-state index in [0.717, 1.165) is 6.54 Å². The summed E-state index contributed by atoms with van der Waals surface area (Å²) in [6.45, 7) is 1.71. The summed E-state index contributed by atoms with van der Waals surface area (Å²) in [7, 11) is 0. The summed E-state index contributed by atoms with van der Waals surface area (Å²) in [6.07, 6.45) is 0. The molecular weight excluding hydrogens is 170 g/mol. The van der Waals surface area contributed by atoms with Gasteiger partial charge in [0.1, 0.15) is 5.60 Å². The van der Waals surface area contributed by atoms with Crippen molar-refractivity contribution in [3.8, 4) is 0 Å². The van der Waals surface area contributed by atoms with Crippen LogP contribution in [0.3, 0.4) is 0 Å². The monoisotopic (exact) mass is 183 g/mol. The third-order valence-corrected chi connectivity index (χ3v) is 1.54. The summed E-state index contributed by atoms with van der Waals surface area (Å²) >= 11 is 0. The number of hydrogen-bond donors (Lipinski definition) is 3. The molecule has 1 atom stereocenters. The van der Waals surface area contributed by atoms with Crippen LogP contribution in [-0.2, 0) is 4.74 Å². The van der Waals surface area contributed by atoms with Gasteiger partial charge in [0.15, 0.2) is 0 Å². The molecule has 0 radical (unpaired) electrons. The molecule has 1 aliphatic rings. The van der Waals surface area contributed by atoms with Crippen LogP contribution in [-0.4, -0.2) is 48.7 Å². The summed E-state index contributed by atoms with van der Waals surface area (Å²) < 4.78 is 5.03. The van der Waals surface area contributed by atoms with Crippen molar-refractivity contribution in [3.63, 3.8) is 0 Å². The van der Waals surface area contributed by atoms with Gasteiger partial charge in [-0.25, -0.2) is 0 Å². The van der Waals surface area contributed by atoms with Crippen molar-refractivity contribution < 1.29 is 14.9 Å². The number of halogens is 1. The zero-order valence-corrected chi connectivity index (χ0v) is 7.06. The minimum absolute atomic E-state index is 0. The smallest absolute Gasteiger partial charge is 0.123 e. The molecule has 3 N–H and O–H groups in total. The van der Waals surface area contributed by atoms with Crippen LogP contribution in [0.5, 0.6) is 0 Å². The molecule has 4 nitrogen and oxygen atoms in total. The van der Waals surface area contributed by atoms with Crippen LogP contribution in [0.25, 0.3) is 0 Å². The molecule has 1 fully saturated rings. The summed E-state index contributed by atoms with van der Waals surface area (Å²) in [5.41, 5.74) is -1.07. The van der Waals surface area contributed by atoms with E-state index in [1.807, 2.05) is 0 Å². The van der Waals surface area contributed by atoms with Crippen molar-refractivity contribution in [2.24, 2.45) is 0 Å². The molecule has 0 saturated carbocycles. The van der Waals surface area contributed by atoms with Gasteiger partial charge in [-0.3, -0.25) is 0 Å². The average Bonchev–Trinajstić information content (AvgIpc) is 2.15. The lowest BCUT2D eigenvalue weighted by Gasteiger charge is -2.22. The first-order valence-electron chi connectivity index (χ1n) is 3.38. The van der Waals surface area contributed by atoms with Gasteiger partial charge in [-0.2, -0.15) is 0 Å². The Kier molecular flexibility index (Phi) is 4.96. The van der Waals surface area contributed by atoms with Crippen molar-refractivity contribution >= 4 is 12.4 Å². The van der Waals surface area contributed by atoms with E-state index in [4.69, 9.17) is 9.84 Å². The lowest BCUT2D eigenvalue weighted by atomic mass is 10.1. The highest BCUT2D eigenvalue weighted by Gasteiger charge is 2.27. The quantitative estimate of drug-likeness (QED) is 0.476. The molecule has 11 heavy (non-hydrogen) atoms. The zero-order valence-electron chi connectivity index (χ0n) is 6.25. The van der Waals surface area contributed by atoms with Crippen LogP contribution >= 0.6 is 12.4 Å². The number of ether oxygens (including phenoxy) is 1. The van der Waals surface area contributed by atoms with Crippen LogP contribution in [0.1, 0.15) is 0 Å². The Bertz CT molecular complexity index is 104. The van der Waals surface area contributed by atoms with E-state index in [1.54, 1.807) is 0 Å². The highest BCUT2D eigenvalue weighted by molar-refractivity contribution is 5.85. The number of hydrogen-bond acceptors (Lipinski definition) is 4. The Balaban J connectivity index is 0.000001000. The second kappa shape index (κ2) is 4.90. The van der Waals surface area contributed by atoms with E-state index in [0.29, 0.717) is 13.2 Å². The van der Waals surface area contributed by atoms with E-state index in [-0.39, 0.29) is 25.6 Å². The van der Waals surface area contributed by atoms with Crippen molar-refractivity contribution in [2.75, 3.05) is 32.9 Å². The predicted molar refractivity (Wildman–Crippen MR) is 43.0 cm³/mol. The van der Waals surface area contributed by atoms with Gasteiger partial charge in [-0.15, -0.1) is 12.4 Å². The normalized spacial score (nSPS) is 32.2. The minimum atomic E-state index is -1.07. The minimum Gasteiger partial charge on any atom is -0.393 e. The molecule has 0 aromatic rings. The first kappa shape index (κ1) is 11.1. The molecule has 5 heteroatoms. The largest absolute Gasteiger partial charge is 0.393 e. The van der Waals surface area contributed by atoms with Gasteiger partial charge in [0.2, 0.25) is 0 Å². The molecule has 0 aliphatic carbocycles. The Morgan fingerprint density at radius 1 is 1.55 bits per heavy atom. The number of β-amino-alcohol motifs (C(OH)–C–C–N with tert-alkyl or cyclic N) is 1. The van der Waals surface area contributed by atoms with Crippen molar-refractivity contribution in [2.45, 2.75) is 5.60 Å². The fourth-order valence-corrected chi connectivity index (χ4v) is 0.880. The van der Waals surface area contributed by atoms with Crippen LogP contribution in [0.2, 0.25) is 0 Å². The fourth-order valence-electron chi connectivity index (χ4n) is 0.880. The first-order valence-corrected chi connectivity index (χ1v) is 3.38. The Morgan fingerprint density at radius 2 is 2.27 bits per heavy atom. The van der Waals surface area contributed by atoms with E-state index in [2.05, 4.69) is 5.32 Å². The number of aliphatic hydroxyl groups is 2. The van der Waals surface area contributed by atoms with Gasteiger partial charge >= 0.3 is 0 Å². The maximum atomic E-state index is 9.42. The molecule has 1 unspecified atom stereocenters. The zero-order chi connectivity index (χ0) is 7.45. The van der Waals surface area contributed by atoms with Gasteiger partial charge in [-0.05, 0) is 0 Å². The molecule has 0 aromatic heterocycles. The molecule has 0 amide bonds. The Hall–Kier alpha value is 0.130. The number of nitrogens with one attached hydrogen (secondary N) is 1. The van der Waals surface area contributed by atoms with Crippen molar-refractivity contribution in [1.29, 1.82) is 0 Å².